The fraction of sp³-hybridized carbons (Fsp3) is 0.950. The van der Waals surface area contributed by atoms with Crippen molar-refractivity contribution in [1.29, 1.82) is 0 Å². The number of hydrogen-bond donors (Lipinski definition) is 1. The molecule has 0 heterocycles. The van der Waals surface area contributed by atoms with Crippen LogP contribution in [0.3, 0.4) is 0 Å². The lowest BCUT2D eigenvalue weighted by molar-refractivity contribution is -0.144. The summed E-state index contributed by atoms with van der Waals surface area (Å²) in [7, 11) is 0. The van der Waals surface area contributed by atoms with Gasteiger partial charge in [-0.2, -0.15) is 0 Å². The highest BCUT2D eigenvalue weighted by Crippen LogP contribution is 2.50. The van der Waals surface area contributed by atoms with Gasteiger partial charge >= 0.3 is 5.97 Å². The van der Waals surface area contributed by atoms with E-state index in [0.29, 0.717) is 30.8 Å². The van der Waals surface area contributed by atoms with Crippen LogP contribution in [0.5, 0.6) is 0 Å². The van der Waals surface area contributed by atoms with Gasteiger partial charge in [0.2, 0.25) is 0 Å². The fourth-order valence-corrected chi connectivity index (χ4v) is 4.07. The molecule has 0 amide bonds. The van der Waals surface area contributed by atoms with E-state index in [9.17, 15) is 9.90 Å². The summed E-state index contributed by atoms with van der Waals surface area (Å²) in [4.78, 5) is 11.7. The van der Waals surface area contributed by atoms with E-state index in [2.05, 4.69) is 41.5 Å². The highest BCUT2D eigenvalue weighted by atomic mass is 16.5. The smallest absolute Gasteiger partial charge is 0.305 e. The van der Waals surface area contributed by atoms with Crippen LogP contribution in [0.25, 0.3) is 0 Å². The van der Waals surface area contributed by atoms with Crippen molar-refractivity contribution in [2.75, 3.05) is 6.61 Å². The lowest BCUT2D eigenvalue weighted by Gasteiger charge is -2.50. The van der Waals surface area contributed by atoms with E-state index in [-0.39, 0.29) is 22.9 Å². The Bertz CT molecular complexity index is 381. The molecule has 136 valence electrons. The number of ether oxygens (including phenoxy) is 1. The van der Waals surface area contributed by atoms with Crippen molar-refractivity contribution in [3.05, 3.63) is 0 Å². The molecule has 3 nitrogen and oxygen atoms in total. The van der Waals surface area contributed by atoms with E-state index in [1.54, 1.807) is 0 Å². The second-order valence-electron chi connectivity index (χ2n) is 9.09. The molecule has 0 saturated heterocycles. The zero-order chi connectivity index (χ0) is 17.8. The number of aliphatic hydroxyl groups is 1. The number of aliphatic hydroxyl groups excluding tert-OH is 1. The van der Waals surface area contributed by atoms with Crippen LogP contribution in [0.2, 0.25) is 0 Å². The largest absolute Gasteiger partial charge is 0.466 e. The molecule has 0 aromatic heterocycles. The van der Waals surface area contributed by atoms with Crippen LogP contribution >= 0.6 is 0 Å². The van der Waals surface area contributed by atoms with Gasteiger partial charge in [0.25, 0.3) is 0 Å². The molecule has 23 heavy (non-hydrogen) atoms. The number of esters is 1. The van der Waals surface area contributed by atoms with Gasteiger partial charge in [0.1, 0.15) is 0 Å². The Morgan fingerprint density at radius 1 is 1.09 bits per heavy atom. The summed E-state index contributed by atoms with van der Waals surface area (Å²) in [6.45, 7) is 15.7. The Balaban J connectivity index is 2.86. The molecule has 1 rings (SSSR count). The maximum absolute atomic E-state index is 11.7. The highest BCUT2D eigenvalue weighted by molar-refractivity contribution is 5.69. The minimum absolute atomic E-state index is 0.0859. The van der Waals surface area contributed by atoms with Gasteiger partial charge in [-0.1, -0.05) is 48.0 Å². The van der Waals surface area contributed by atoms with Gasteiger partial charge in [-0.05, 0) is 54.8 Å². The van der Waals surface area contributed by atoms with Crippen LogP contribution in [0.1, 0.15) is 80.6 Å². The number of hydrogen-bond acceptors (Lipinski definition) is 3. The summed E-state index contributed by atoms with van der Waals surface area (Å²) >= 11 is 0. The molecule has 4 unspecified atom stereocenters. The van der Waals surface area contributed by atoms with E-state index < -0.39 is 0 Å². The van der Waals surface area contributed by atoms with E-state index in [1.807, 2.05) is 6.92 Å². The first-order valence-corrected chi connectivity index (χ1v) is 9.36. The predicted octanol–water partition coefficient (Wildman–Crippen LogP) is 4.82. The molecule has 0 bridgehead atoms. The van der Waals surface area contributed by atoms with Crippen LogP contribution in [0.15, 0.2) is 0 Å². The van der Waals surface area contributed by atoms with Gasteiger partial charge in [0.05, 0.1) is 12.7 Å². The van der Waals surface area contributed by atoms with Gasteiger partial charge in [-0.15, -0.1) is 0 Å². The van der Waals surface area contributed by atoms with Crippen LogP contribution in [0.4, 0.5) is 0 Å². The van der Waals surface area contributed by atoms with E-state index >= 15 is 0 Å². The first-order valence-electron chi connectivity index (χ1n) is 9.36. The molecule has 0 radical (unpaired) electrons. The number of rotatable bonds is 6. The van der Waals surface area contributed by atoms with Crippen molar-refractivity contribution in [3.8, 4) is 0 Å². The summed E-state index contributed by atoms with van der Waals surface area (Å²) in [5.41, 5.74) is 0.218. The molecular weight excluding hydrogens is 288 g/mol. The minimum atomic E-state index is -0.246. The van der Waals surface area contributed by atoms with Crippen molar-refractivity contribution in [2.24, 2.45) is 28.6 Å². The molecule has 4 atom stereocenters. The average molecular weight is 327 g/mol. The first kappa shape index (κ1) is 20.5. The molecular formula is C20H38O3. The van der Waals surface area contributed by atoms with Crippen LogP contribution in [-0.4, -0.2) is 23.8 Å². The van der Waals surface area contributed by atoms with Gasteiger partial charge in [0.15, 0.2) is 0 Å². The zero-order valence-electron chi connectivity index (χ0n) is 16.3. The third-order valence-electron chi connectivity index (χ3n) is 6.09. The second kappa shape index (κ2) is 8.00. The van der Waals surface area contributed by atoms with Crippen molar-refractivity contribution in [3.63, 3.8) is 0 Å². The molecule has 1 aliphatic carbocycles. The molecule has 1 fully saturated rings. The third-order valence-corrected chi connectivity index (χ3v) is 6.09. The summed E-state index contributed by atoms with van der Waals surface area (Å²) in [6, 6.07) is 0. The zero-order valence-corrected chi connectivity index (χ0v) is 16.3. The van der Waals surface area contributed by atoms with Crippen LogP contribution in [-0.2, 0) is 9.53 Å². The topological polar surface area (TPSA) is 46.5 Å². The maximum Gasteiger partial charge on any atom is 0.305 e. The average Bonchev–Trinajstić information content (AvgIpc) is 2.45. The summed E-state index contributed by atoms with van der Waals surface area (Å²) in [5, 5.41) is 11.0. The normalized spacial score (nSPS) is 29.4. The minimum Gasteiger partial charge on any atom is -0.466 e. The van der Waals surface area contributed by atoms with Gasteiger partial charge in [0, 0.05) is 6.42 Å². The maximum atomic E-state index is 11.7. The van der Waals surface area contributed by atoms with Crippen LogP contribution in [0, 0.1) is 28.6 Å². The summed E-state index contributed by atoms with van der Waals surface area (Å²) in [6.07, 6.45) is 4.24. The van der Waals surface area contributed by atoms with E-state index in [4.69, 9.17) is 4.74 Å². The monoisotopic (exact) mass is 326 g/mol. The Hall–Kier alpha value is -0.570. The fourth-order valence-electron chi connectivity index (χ4n) is 4.07. The Kier molecular flexibility index (Phi) is 7.12. The van der Waals surface area contributed by atoms with E-state index in [0.717, 1.165) is 25.7 Å². The Morgan fingerprint density at radius 2 is 1.65 bits per heavy atom. The van der Waals surface area contributed by atoms with Gasteiger partial charge in [-0.3, -0.25) is 4.79 Å². The standard InChI is InChI=1S/C20H38O3/c1-8-20(6,7)16-13-14(10-11-17(21)23-9-2)12-15(18(16)22)19(3,4)5/h14-16,18,22H,8-13H2,1-7H3. The lowest BCUT2D eigenvalue weighted by Crippen LogP contribution is -2.48. The van der Waals surface area contributed by atoms with Crippen molar-refractivity contribution >= 4 is 5.97 Å². The Labute approximate surface area is 143 Å². The molecule has 0 aromatic carbocycles. The number of carbonyl (C=O) groups is 1. The SMILES string of the molecule is CCOC(=O)CCC1CC(C(C)(C)C)C(O)C(C(C)(C)CC)C1. The molecule has 1 N–H and O–H groups in total. The van der Waals surface area contributed by atoms with Crippen molar-refractivity contribution in [1.82, 2.24) is 0 Å². The molecule has 0 aromatic rings. The third kappa shape index (κ3) is 5.48. The molecule has 1 saturated carbocycles. The van der Waals surface area contributed by atoms with Crippen molar-refractivity contribution in [2.45, 2.75) is 86.7 Å². The second-order valence-corrected chi connectivity index (χ2v) is 9.09. The molecule has 3 heteroatoms. The predicted molar refractivity (Wildman–Crippen MR) is 95.1 cm³/mol. The van der Waals surface area contributed by atoms with Crippen LogP contribution < -0.4 is 0 Å². The van der Waals surface area contributed by atoms with Gasteiger partial charge < -0.3 is 9.84 Å². The quantitative estimate of drug-likeness (QED) is 0.712. The molecule has 0 aliphatic heterocycles. The summed E-state index contributed by atoms with van der Waals surface area (Å²) < 4.78 is 5.08. The Morgan fingerprint density at radius 3 is 2.13 bits per heavy atom. The summed E-state index contributed by atoms with van der Waals surface area (Å²) in [5.74, 6) is 1.01. The number of carbonyl (C=O) groups excluding carboxylic acids is 1. The van der Waals surface area contributed by atoms with Crippen molar-refractivity contribution < 1.29 is 14.6 Å². The van der Waals surface area contributed by atoms with Gasteiger partial charge in [-0.25, -0.2) is 0 Å². The highest BCUT2D eigenvalue weighted by Gasteiger charge is 2.46. The molecule has 0 spiro atoms. The van der Waals surface area contributed by atoms with E-state index in [1.165, 1.54) is 0 Å². The first-order chi connectivity index (χ1) is 10.5. The lowest BCUT2D eigenvalue weighted by atomic mass is 9.57. The molecule has 1 aliphatic rings.